The van der Waals surface area contributed by atoms with E-state index in [-0.39, 0.29) is 17.9 Å². The number of thiocarbonyl (C=S) groups is 1. The van der Waals surface area contributed by atoms with Gasteiger partial charge in [0.1, 0.15) is 28.4 Å². The van der Waals surface area contributed by atoms with Crippen molar-refractivity contribution in [3.8, 4) is 11.5 Å². The van der Waals surface area contributed by atoms with Crippen LogP contribution in [0, 0.1) is 26.6 Å². The number of benzene rings is 2. The predicted octanol–water partition coefficient (Wildman–Crippen LogP) is 4.52. The third-order valence-electron chi connectivity index (χ3n) is 6.53. The Kier molecular flexibility index (Phi) is 6.38. The molecule has 0 aromatic heterocycles. The third-order valence-corrected chi connectivity index (χ3v) is 7.05. The summed E-state index contributed by atoms with van der Waals surface area (Å²) in [6.07, 6.45) is 1.48. The molecule has 1 fully saturated rings. The molecule has 0 saturated carbocycles. The SMILES string of the molecule is CC(=O)Oc1c(C)c(C)c2c(c1C)CCC(C(=S)N1CCN(c3ccc(F)cc3)CC1)O2. The van der Waals surface area contributed by atoms with Crippen molar-refractivity contribution >= 4 is 28.9 Å². The molecule has 2 aliphatic heterocycles. The van der Waals surface area contributed by atoms with E-state index >= 15 is 0 Å². The Labute approximate surface area is 194 Å². The molecule has 0 N–H and O–H groups in total. The van der Waals surface area contributed by atoms with Gasteiger partial charge >= 0.3 is 5.97 Å². The summed E-state index contributed by atoms with van der Waals surface area (Å²) in [4.78, 5) is 16.9. The highest BCUT2D eigenvalue weighted by Gasteiger charge is 2.32. The van der Waals surface area contributed by atoms with Crippen molar-refractivity contribution in [3.05, 3.63) is 52.3 Å². The lowest BCUT2D eigenvalue weighted by atomic mass is 9.91. The van der Waals surface area contributed by atoms with Gasteiger partial charge in [-0.05, 0) is 74.6 Å². The Balaban J connectivity index is 1.45. The molecule has 0 spiro atoms. The lowest BCUT2D eigenvalue weighted by molar-refractivity contribution is -0.132. The number of fused-ring (bicyclic) bond motifs is 1. The second-order valence-corrected chi connectivity index (χ2v) is 8.96. The number of nitrogens with zero attached hydrogens (tertiary/aromatic N) is 2. The third kappa shape index (κ3) is 4.31. The molecule has 170 valence electrons. The van der Waals surface area contributed by atoms with Crippen molar-refractivity contribution in [3.63, 3.8) is 0 Å². The predicted molar refractivity (Wildman–Crippen MR) is 127 cm³/mol. The van der Waals surface area contributed by atoms with Crippen LogP contribution in [0.25, 0.3) is 0 Å². The molecule has 0 amide bonds. The zero-order valence-corrected chi connectivity index (χ0v) is 19.9. The van der Waals surface area contributed by atoms with Crippen molar-refractivity contribution in [1.29, 1.82) is 0 Å². The summed E-state index contributed by atoms with van der Waals surface area (Å²) in [7, 11) is 0. The van der Waals surface area contributed by atoms with Crippen LogP contribution in [-0.4, -0.2) is 48.1 Å². The number of halogens is 1. The Morgan fingerprint density at radius 3 is 2.34 bits per heavy atom. The molecule has 2 heterocycles. The Morgan fingerprint density at radius 1 is 1.06 bits per heavy atom. The zero-order valence-electron chi connectivity index (χ0n) is 19.0. The number of ether oxygens (including phenoxy) is 2. The van der Waals surface area contributed by atoms with Crippen LogP contribution in [-0.2, 0) is 11.2 Å². The normalized spacial score (nSPS) is 18.1. The molecular formula is C25H29FN2O3S. The molecule has 0 aliphatic carbocycles. The monoisotopic (exact) mass is 456 g/mol. The van der Waals surface area contributed by atoms with Crippen molar-refractivity contribution in [2.75, 3.05) is 31.1 Å². The lowest BCUT2D eigenvalue weighted by Crippen LogP contribution is -2.52. The maximum Gasteiger partial charge on any atom is 0.308 e. The minimum absolute atomic E-state index is 0.146. The smallest absolute Gasteiger partial charge is 0.308 e. The van der Waals surface area contributed by atoms with E-state index in [4.69, 9.17) is 21.7 Å². The largest absolute Gasteiger partial charge is 0.483 e. The molecule has 2 aliphatic rings. The van der Waals surface area contributed by atoms with Gasteiger partial charge in [0.2, 0.25) is 0 Å². The molecule has 1 saturated heterocycles. The fraction of sp³-hybridized carbons (Fsp3) is 0.440. The molecule has 7 heteroatoms. The van der Waals surface area contributed by atoms with Crippen LogP contribution in [0.1, 0.15) is 35.6 Å². The van der Waals surface area contributed by atoms with Crippen molar-refractivity contribution in [2.45, 2.75) is 46.6 Å². The van der Waals surface area contributed by atoms with Gasteiger partial charge in [-0.1, -0.05) is 12.2 Å². The van der Waals surface area contributed by atoms with Gasteiger partial charge < -0.3 is 19.3 Å². The Bertz CT molecular complexity index is 1050. The van der Waals surface area contributed by atoms with Crippen LogP contribution in [0.4, 0.5) is 10.1 Å². The minimum atomic E-state index is -0.314. The second kappa shape index (κ2) is 9.06. The molecule has 0 radical (unpaired) electrons. The van der Waals surface area contributed by atoms with Crippen LogP contribution in [0.15, 0.2) is 24.3 Å². The average molecular weight is 457 g/mol. The van der Waals surface area contributed by atoms with Gasteiger partial charge in [0.15, 0.2) is 0 Å². The van der Waals surface area contributed by atoms with Crippen LogP contribution < -0.4 is 14.4 Å². The highest BCUT2D eigenvalue weighted by atomic mass is 32.1. The highest BCUT2D eigenvalue weighted by molar-refractivity contribution is 7.80. The van der Waals surface area contributed by atoms with Gasteiger partial charge in [0.05, 0.1) is 0 Å². The molecule has 1 unspecified atom stereocenters. The van der Waals surface area contributed by atoms with E-state index in [9.17, 15) is 9.18 Å². The number of anilines is 1. The standard InChI is InChI=1S/C25H29FN2O3S/c1-15-16(2)24-21(17(3)23(15)30-18(4)29)9-10-22(31-24)25(32)28-13-11-27(12-14-28)20-7-5-19(26)6-8-20/h5-8,22H,9-14H2,1-4H3. The maximum absolute atomic E-state index is 13.2. The number of hydrogen-bond acceptors (Lipinski definition) is 5. The molecular weight excluding hydrogens is 427 g/mol. The minimum Gasteiger partial charge on any atom is -0.483 e. The summed E-state index contributed by atoms with van der Waals surface area (Å²) in [5.41, 5.74) is 5.02. The number of piperazine rings is 1. The maximum atomic E-state index is 13.2. The van der Waals surface area contributed by atoms with Crippen molar-refractivity contribution < 1.29 is 18.7 Å². The summed E-state index contributed by atoms with van der Waals surface area (Å²) in [5, 5.41) is 0. The second-order valence-electron chi connectivity index (χ2n) is 8.54. The molecule has 2 aromatic carbocycles. The van der Waals surface area contributed by atoms with Crippen molar-refractivity contribution in [2.24, 2.45) is 0 Å². The first-order valence-electron chi connectivity index (χ1n) is 11.0. The fourth-order valence-electron chi connectivity index (χ4n) is 4.60. The first kappa shape index (κ1) is 22.5. The van der Waals surface area contributed by atoms with Gasteiger partial charge in [0.25, 0.3) is 0 Å². The quantitative estimate of drug-likeness (QED) is 0.384. The first-order chi connectivity index (χ1) is 15.3. The fourth-order valence-corrected chi connectivity index (χ4v) is 4.95. The van der Waals surface area contributed by atoms with Crippen molar-refractivity contribution in [1.82, 2.24) is 4.90 Å². The highest BCUT2D eigenvalue weighted by Crippen LogP contribution is 2.42. The summed E-state index contributed by atoms with van der Waals surface area (Å²) in [6, 6.07) is 6.64. The molecule has 1 atom stereocenters. The number of carbonyl (C=O) groups is 1. The van der Waals surface area contributed by atoms with Gasteiger partial charge in [-0.2, -0.15) is 0 Å². The summed E-state index contributed by atoms with van der Waals surface area (Å²) in [6.45, 7) is 10.7. The van der Waals surface area contributed by atoms with Crippen LogP contribution in [0.2, 0.25) is 0 Å². The first-order valence-corrected chi connectivity index (χ1v) is 11.4. The number of hydrogen-bond donors (Lipinski definition) is 0. The van der Waals surface area contributed by atoms with Crippen LogP contribution in [0.3, 0.4) is 0 Å². The van der Waals surface area contributed by atoms with E-state index in [1.165, 1.54) is 19.1 Å². The average Bonchev–Trinajstić information content (AvgIpc) is 2.80. The lowest BCUT2D eigenvalue weighted by Gasteiger charge is -2.40. The van der Waals surface area contributed by atoms with Gasteiger partial charge in [-0.25, -0.2) is 4.39 Å². The Hall–Kier alpha value is -2.67. The molecule has 32 heavy (non-hydrogen) atoms. The summed E-state index contributed by atoms with van der Waals surface area (Å²) < 4.78 is 25.1. The van der Waals surface area contributed by atoms with E-state index in [0.29, 0.717) is 5.75 Å². The van der Waals surface area contributed by atoms with Gasteiger partial charge in [-0.3, -0.25) is 4.79 Å². The van der Waals surface area contributed by atoms with E-state index < -0.39 is 0 Å². The molecule has 4 rings (SSSR count). The van der Waals surface area contributed by atoms with E-state index in [1.807, 2.05) is 32.9 Å². The zero-order chi connectivity index (χ0) is 23.0. The van der Waals surface area contributed by atoms with Gasteiger partial charge in [-0.15, -0.1) is 0 Å². The molecule has 0 bridgehead atoms. The van der Waals surface area contributed by atoms with E-state index in [2.05, 4.69) is 9.80 Å². The number of esters is 1. The Morgan fingerprint density at radius 2 is 1.72 bits per heavy atom. The molecule has 5 nitrogen and oxygen atoms in total. The van der Waals surface area contributed by atoms with Crippen LogP contribution in [0.5, 0.6) is 11.5 Å². The van der Waals surface area contributed by atoms with Crippen LogP contribution >= 0.6 is 12.2 Å². The molecule has 2 aromatic rings. The van der Waals surface area contributed by atoms with E-state index in [1.54, 1.807) is 0 Å². The summed E-state index contributed by atoms with van der Waals surface area (Å²) in [5.74, 6) is 0.991. The van der Waals surface area contributed by atoms with E-state index in [0.717, 1.165) is 77.7 Å². The topological polar surface area (TPSA) is 42.0 Å². The number of carbonyl (C=O) groups excluding carboxylic acids is 1. The van der Waals surface area contributed by atoms with Gasteiger partial charge in [0, 0.05) is 44.4 Å². The summed E-state index contributed by atoms with van der Waals surface area (Å²) >= 11 is 5.85. The number of rotatable bonds is 3.